The van der Waals surface area contributed by atoms with E-state index in [1.165, 1.54) is 16.7 Å². The summed E-state index contributed by atoms with van der Waals surface area (Å²) in [7, 11) is 0. The number of nitrogens with zero attached hydrogens (tertiary/aromatic N) is 3. The molecule has 0 aliphatic carbocycles. The molecule has 1 aliphatic rings. The standard InChI is InChI=1S/C24H23N3OS3/c1-3-14-30-20-12-10-17(11-13-20)22-18(15-21-23(28)26(4-2)24(29)31-21)16-27(25-22)19-8-6-5-7-9-19/h5-13,15-16H,3-4,14H2,1-2H3/b21-15-. The molecule has 2 aromatic carbocycles. The van der Waals surface area contributed by atoms with Gasteiger partial charge >= 0.3 is 0 Å². The normalized spacial score (nSPS) is 15.3. The predicted octanol–water partition coefficient (Wildman–Crippen LogP) is 6.26. The third-order valence-electron chi connectivity index (χ3n) is 4.84. The minimum absolute atomic E-state index is 0.0396. The van der Waals surface area contributed by atoms with Gasteiger partial charge in [-0.15, -0.1) is 11.8 Å². The van der Waals surface area contributed by atoms with Crippen LogP contribution in [0.1, 0.15) is 25.8 Å². The molecule has 3 aromatic rings. The average molecular weight is 466 g/mol. The lowest BCUT2D eigenvalue weighted by Crippen LogP contribution is -2.27. The molecule has 0 saturated carbocycles. The lowest BCUT2D eigenvalue weighted by atomic mass is 10.1. The minimum Gasteiger partial charge on any atom is -0.293 e. The fourth-order valence-corrected chi connectivity index (χ4v) is 5.42. The molecule has 1 aromatic heterocycles. The second kappa shape index (κ2) is 9.85. The Morgan fingerprint density at radius 2 is 1.84 bits per heavy atom. The van der Waals surface area contributed by atoms with E-state index >= 15 is 0 Å². The summed E-state index contributed by atoms with van der Waals surface area (Å²) in [6.07, 6.45) is 5.04. The van der Waals surface area contributed by atoms with Crippen LogP contribution in [-0.2, 0) is 4.79 Å². The number of thioether (sulfide) groups is 2. The maximum Gasteiger partial charge on any atom is 0.266 e. The molecule has 0 N–H and O–H groups in total. The van der Waals surface area contributed by atoms with Crippen molar-refractivity contribution in [3.8, 4) is 16.9 Å². The zero-order valence-electron chi connectivity index (χ0n) is 17.4. The number of thiocarbonyl (C=S) groups is 1. The van der Waals surface area contributed by atoms with Crippen molar-refractivity contribution in [2.75, 3.05) is 12.3 Å². The third-order valence-corrected chi connectivity index (χ3v) is 7.44. The number of rotatable bonds is 7. The number of para-hydroxylation sites is 1. The summed E-state index contributed by atoms with van der Waals surface area (Å²) in [6, 6.07) is 18.5. The van der Waals surface area contributed by atoms with Crippen LogP contribution in [-0.4, -0.2) is 37.2 Å². The summed E-state index contributed by atoms with van der Waals surface area (Å²) in [4.78, 5) is 16.3. The maximum atomic E-state index is 12.7. The molecule has 1 amide bonds. The van der Waals surface area contributed by atoms with E-state index in [9.17, 15) is 4.79 Å². The van der Waals surface area contributed by atoms with Gasteiger partial charge in [-0.1, -0.05) is 61.2 Å². The van der Waals surface area contributed by atoms with Crippen LogP contribution >= 0.6 is 35.7 Å². The zero-order chi connectivity index (χ0) is 21.8. The third kappa shape index (κ3) is 4.79. The van der Waals surface area contributed by atoms with Crippen molar-refractivity contribution in [2.24, 2.45) is 0 Å². The Labute approximate surface area is 196 Å². The molecule has 158 valence electrons. The molecule has 31 heavy (non-hydrogen) atoms. The van der Waals surface area contributed by atoms with Gasteiger partial charge in [0.1, 0.15) is 4.32 Å². The Hall–Kier alpha value is -2.35. The largest absolute Gasteiger partial charge is 0.293 e. The molecule has 0 atom stereocenters. The van der Waals surface area contributed by atoms with Crippen molar-refractivity contribution in [1.29, 1.82) is 0 Å². The molecule has 0 bridgehead atoms. The smallest absolute Gasteiger partial charge is 0.266 e. The quantitative estimate of drug-likeness (QED) is 0.234. The first-order chi connectivity index (χ1) is 15.1. The van der Waals surface area contributed by atoms with Crippen LogP contribution in [0.2, 0.25) is 0 Å². The highest BCUT2D eigenvalue weighted by molar-refractivity contribution is 8.26. The molecule has 0 unspecified atom stereocenters. The van der Waals surface area contributed by atoms with E-state index in [2.05, 4.69) is 31.2 Å². The van der Waals surface area contributed by atoms with Crippen molar-refractivity contribution in [1.82, 2.24) is 14.7 Å². The van der Waals surface area contributed by atoms with E-state index in [4.69, 9.17) is 17.3 Å². The number of carbonyl (C=O) groups is 1. The van der Waals surface area contributed by atoms with E-state index in [0.29, 0.717) is 15.8 Å². The monoisotopic (exact) mass is 465 g/mol. The number of benzene rings is 2. The lowest BCUT2D eigenvalue weighted by molar-refractivity contribution is -0.121. The molecule has 1 saturated heterocycles. The molecule has 0 radical (unpaired) electrons. The van der Waals surface area contributed by atoms with Crippen molar-refractivity contribution < 1.29 is 4.79 Å². The van der Waals surface area contributed by atoms with E-state index < -0.39 is 0 Å². The highest BCUT2D eigenvalue weighted by atomic mass is 32.2. The zero-order valence-corrected chi connectivity index (χ0v) is 19.9. The SMILES string of the molecule is CCCSc1ccc(-c2nn(-c3ccccc3)cc2/C=C2\SC(=S)N(CC)C2=O)cc1. The molecular formula is C24H23N3OS3. The second-order valence-electron chi connectivity index (χ2n) is 7.01. The van der Waals surface area contributed by atoms with Gasteiger partial charge in [-0.3, -0.25) is 9.69 Å². The highest BCUT2D eigenvalue weighted by Gasteiger charge is 2.31. The average Bonchev–Trinajstić information content (AvgIpc) is 3.33. The minimum atomic E-state index is -0.0396. The molecule has 2 heterocycles. The molecule has 4 nitrogen and oxygen atoms in total. The Morgan fingerprint density at radius 1 is 1.10 bits per heavy atom. The number of aromatic nitrogens is 2. The van der Waals surface area contributed by atoms with Gasteiger partial charge in [-0.05, 0) is 49.4 Å². The van der Waals surface area contributed by atoms with Crippen LogP contribution in [0.15, 0.2) is 70.6 Å². The molecule has 1 aliphatic heterocycles. The van der Waals surface area contributed by atoms with Gasteiger partial charge in [-0.25, -0.2) is 4.68 Å². The maximum absolute atomic E-state index is 12.7. The summed E-state index contributed by atoms with van der Waals surface area (Å²) in [6.45, 7) is 4.70. The van der Waals surface area contributed by atoms with Crippen LogP contribution in [0, 0.1) is 0 Å². The van der Waals surface area contributed by atoms with Gasteiger partial charge in [0.25, 0.3) is 5.91 Å². The van der Waals surface area contributed by atoms with Gasteiger partial charge in [-0.2, -0.15) is 5.10 Å². The van der Waals surface area contributed by atoms with Crippen LogP contribution in [0.25, 0.3) is 23.0 Å². The molecular weight excluding hydrogens is 442 g/mol. The van der Waals surface area contributed by atoms with Crippen LogP contribution in [0.4, 0.5) is 0 Å². The number of likely N-dealkylation sites (N-methyl/N-ethyl adjacent to an activating group) is 1. The fourth-order valence-electron chi connectivity index (χ4n) is 3.27. The summed E-state index contributed by atoms with van der Waals surface area (Å²) in [5, 5.41) is 4.87. The van der Waals surface area contributed by atoms with E-state index in [0.717, 1.165) is 34.7 Å². The Morgan fingerprint density at radius 3 is 2.48 bits per heavy atom. The van der Waals surface area contributed by atoms with Crippen molar-refractivity contribution in [2.45, 2.75) is 25.2 Å². The molecule has 1 fully saturated rings. The number of amides is 1. The first-order valence-electron chi connectivity index (χ1n) is 10.2. The first kappa shape index (κ1) is 21.9. The first-order valence-corrected chi connectivity index (χ1v) is 12.5. The van der Waals surface area contributed by atoms with Crippen LogP contribution < -0.4 is 0 Å². The summed E-state index contributed by atoms with van der Waals surface area (Å²) in [5.74, 6) is 1.06. The van der Waals surface area contributed by atoms with Crippen molar-refractivity contribution in [3.05, 3.63) is 71.3 Å². The van der Waals surface area contributed by atoms with Gasteiger partial charge in [0.05, 0.1) is 16.3 Å². The topological polar surface area (TPSA) is 38.1 Å². The van der Waals surface area contributed by atoms with Gasteiger partial charge in [0, 0.05) is 28.8 Å². The Bertz CT molecular complexity index is 1120. The molecule has 7 heteroatoms. The number of carbonyl (C=O) groups excluding carboxylic acids is 1. The molecule has 0 spiro atoms. The second-order valence-corrected chi connectivity index (χ2v) is 9.86. The van der Waals surface area contributed by atoms with Crippen molar-refractivity contribution in [3.63, 3.8) is 0 Å². The van der Waals surface area contributed by atoms with Crippen LogP contribution in [0.3, 0.4) is 0 Å². The van der Waals surface area contributed by atoms with Crippen LogP contribution in [0.5, 0.6) is 0 Å². The molecule has 4 rings (SSSR count). The van der Waals surface area contributed by atoms with Gasteiger partial charge < -0.3 is 0 Å². The summed E-state index contributed by atoms with van der Waals surface area (Å²) >= 11 is 8.58. The van der Waals surface area contributed by atoms with E-state index in [1.807, 2.05) is 66.0 Å². The summed E-state index contributed by atoms with van der Waals surface area (Å²) < 4.78 is 2.47. The summed E-state index contributed by atoms with van der Waals surface area (Å²) in [5.41, 5.74) is 3.74. The van der Waals surface area contributed by atoms with Crippen molar-refractivity contribution >= 4 is 52.0 Å². The predicted molar refractivity (Wildman–Crippen MR) is 136 cm³/mol. The van der Waals surface area contributed by atoms with Gasteiger partial charge in [0.15, 0.2) is 0 Å². The Kier molecular flexibility index (Phi) is 6.95. The number of hydrogen-bond acceptors (Lipinski definition) is 5. The van der Waals surface area contributed by atoms with E-state index in [-0.39, 0.29) is 5.91 Å². The number of hydrogen-bond donors (Lipinski definition) is 0. The van der Waals surface area contributed by atoms with E-state index in [1.54, 1.807) is 4.90 Å². The fraction of sp³-hybridized carbons (Fsp3) is 0.208. The Balaban J connectivity index is 1.75. The lowest BCUT2D eigenvalue weighted by Gasteiger charge is -2.09. The van der Waals surface area contributed by atoms with Gasteiger partial charge in [0.2, 0.25) is 0 Å². The highest BCUT2D eigenvalue weighted by Crippen LogP contribution is 2.35.